The van der Waals surface area contributed by atoms with Gasteiger partial charge in [0, 0.05) is 33.8 Å². The van der Waals surface area contributed by atoms with Crippen LogP contribution in [0.2, 0.25) is 0 Å². The van der Waals surface area contributed by atoms with Crippen molar-refractivity contribution in [2.24, 2.45) is 0 Å². The molecule has 0 unspecified atom stereocenters. The van der Waals surface area contributed by atoms with E-state index < -0.39 is 0 Å². The van der Waals surface area contributed by atoms with Crippen LogP contribution in [0.5, 0.6) is 0 Å². The summed E-state index contributed by atoms with van der Waals surface area (Å²) in [6, 6.07) is 43.5. The van der Waals surface area contributed by atoms with Crippen molar-refractivity contribution in [1.82, 2.24) is 15.0 Å². The number of hydrogen-bond donors (Lipinski definition) is 0. The van der Waals surface area contributed by atoms with Gasteiger partial charge in [0.25, 0.3) is 0 Å². The molecule has 2 heterocycles. The summed E-state index contributed by atoms with van der Waals surface area (Å²) < 4.78 is 0. The van der Waals surface area contributed by atoms with E-state index in [2.05, 4.69) is 146 Å². The Morgan fingerprint density at radius 1 is 0.480 bits per heavy atom. The topological polar surface area (TPSA) is 38.7 Å². The highest BCUT2D eigenvalue weighted by molar-refractivity contribution is 6.03. The predicted molar refractivity (Wildman–Crippen MR) is 209 cm³/mol. The number of aromatic nitrogens is 3. The molecule has 0 radical (unpaired) electrons. The smallest absolute Gasteiger partial charge is 0.160 e. The van der Waals surface area contributed by atoms with E-state index in [0.29, 0.717) is 0 Å². The van der Waals surface area contributed by atoms with E-state index in [0.717, 1.165) is 70.7 Å². The van der Waals surface area contributed by atoms with Gasteiger partial charge in [0.05, 0.1) is 17.1 Å². The first-order valence-corrected chi connectivity index (χ1v) is 17.6. The lowest BCUT2D eigenvalue weighted by Crippen LogP contribution is -2.03. The molecule has 0 N–H and O–H groups in total. The lowest BCUT2D eigenvalue weighted by molar-refractivity contribution is 0.988. The van der Waals surface area contributed by atoms with Crippen molar-refractivity contribution in [2.45, 2.75) is 25.7 Å². The molecule has 2 aromatic heterocycles. The second-order valence-corrected chi connectivity index (χ2v) is 13.4. The molecule has 0 fully saturated rings. The number of fused-ring (bicyclic) bond motifs is 7. The zero-order valence-electron chi connectivity index (χ0n) is 27.6. The number of benzene rings is 6. The quantitative estimate of drug-likeness (QED) is 0.192. The third-order valence-electron chi connectivity index (χ3n) is 10.5. The number of hydrogen-bond acceptors (Lipinski definition) is 3. The minimum Gasteiger partial charge on any atom is -0.256 e. The van der Waals surface area contributed by atoms with Crippen molar-refractivity contribution < 1.29 is 0 Å². The van der Waals surface area contributed by atoms with Gasteiger partial charge in [-0.1, -0.05) is 121 Å². The Hall–Kier alpha value is -6.19. The monoisotopic (exact) mass is 639 g/mol. The highest BCUT2D eigenvalue weighted by Crippen LogP contribution is 2.40. The molecule has 50 heavy (non-hydrogen) atoms. The van der Waals surface area contributed by atoms with Crippen molar-refractivity contribution in [3.63, 3.8) is 0 Å². The molecule has 0 saturated heterocycles. The van der Waals surface area contributed by atoms with Gasteiger partial charge in [-0.3, -0.25) is 4.98 Å². The Labute approximate surface area is 291 Å². The third kappa shape index (κ3) is 4.77. The molecule has 0 spiro atoms. The van der Waals surface area contributed by atoms with Crippen LogP contribution < -0.4 is 0 Å². The predicted octanol–water partition coefficient (Wildman–Crippen LogP) is 11.9. The SMILES string of the molecule is C1=Cc2c(cc(-c3cc(-c4cc5ccccc5c5c4CCC=C5)nc(-c4ccc(-c5nccc6ccccc56)cc4)n3)c3ccccc23)CC1. The van der Waals surface area contributed by atoms with Gasteiger partial charge < -0.3 is 0 Å². The fraction of sp³-hybridized carbons (Fsp3) is 0.0851. The van der Waals surface area contributed by atoms with Crippen LogP contribution in [0.25, 0.3) is 89.6 Å². The molecule has 0 atom stereocenters. The van der Waals surface area contributed by atoms with Gasteiger partial charge in [-0.25, -0.2) is 9.97 Å². The minimum atomic E-state index is 0.727. The van der Waals surface area contributed by atoms with Gasteiger partial charge in [0.2, 0.25) is 0 Å². The van der Waals surface area contributed by atoms with Crippen molar-refractivity contribution in [3.05, 3.63) is 162 Å². The maximum Gasteiger partial charge on any atom is 0.160 e. The Kier molecular flexibility index (Phi) is 6.76. The van der Waals surface area contributed by atoms with E-state index in [4.69, 9.17) is 15.0 Å². The number of aryl methyl sites for hydroxylation is 1. The van der Waals surface area contributed by atoms with Crippen molar-refractivity contribution >= 4 is 44.5 Å². The van der Waals surface area contributed by atoms with Crippen molar-refractivity contribution in [3.8, 4) is 45.2 Å². The normalized spacial score (nSPS) is 13.5. The molecule has 8 aromatic rings. The lowest BCUT2D eigenvalue weighted by Gasteiger charge is -2.20. The summed E-state index contributed by atoms with van der Waals surface area (Å²) in [4.78, 5) is 15.5. The zero-order chi connectivity index (χ0) is 33.0. The van der Waals surface area contributed by atoms with Gasteiger partial charge in [-0.05, 0) is 99.1 Å². The fourth-order valence-corrected chi connectivity index (χ4v) is 8.03. The van der Waals surface area contributed by atoms with Crippen LogP contribution in [0.3, 0.4) is 0 Å². The molecule has 3 heteroatoms. The molecule has 0 bridgehead atoms. The second kappa shape index (κ2) is 11.7. The van der Waals surface area contributed by atoms with E-state index in [9.17, 15) is 0 Å². The Balaban J connectivity index is 1.20. The van der Waals surface area contributed by atoms with Crippen LogP contribution in [-0.2, 0) is 12.8 Å². The maximum absolute atomic E-state index is 5.37. The second-order valence-electron chi connectivity index (χ2n) is 13.4. The molecular weight excluding hydrogens is 607 g/mol. The molecule has 3 nitrogen and oxygen atoms in total. The van der Waals surface area contributed by atoms with Crippen LogP contribution in [0, 0.1) is 0 Å². The first-order valence-electron chi connectivity index (χ1n) is 17.6. The van der Waals surface area contributed by atoms with Gasteiger partial charge in [0.1, 0.15) is 0 Å². The highest BCUT2D eigenvalue weighted by Gasteiger charge is 2.21. The molecule has 2 aliphatic rings. The van der Waals surface area contributed by atoms with Crippen LogP contribution in [0.1, 0.15) is 35.1 Å². The molecule has 2 aliphatic carbocycles. The molecule has 0 aliphatic heterocycles. The number of pyridine rings is 1. The van der Waals surface area contributed by atoms with Gasteiger partial charge >= 0.3 is 0 Å². The summed E-state index contributed by atoms with van der Waals surface area (Å²) in [7, 11) is 0. The van der Waals surface area contributed by atoms with Crippen LogP contribution >= 0.6 is 0 Å². The van der Waals surface area contributed by atoms with Gasteiger partial charge in [-0.15, -0.1) is 0 Å². The third-order valence-corrected chi connectivity index (χ3v) is 10.5. The Morgan fingerprint density at radius 2 is 1.14 bits per heavy atom. The highest BCUT2D eigenvalue weighted by atomic mass is 14.9. The molecule has 0 saturated carbocycles. The first-order chi connectivity index (χ1) is 24.8. The number of nitrogens with zero attached hydrogens (tertiary/aromatic N) is 3. The lowest BCUT2D eigenvalue weighted by atomic mass is 9.86. The average Bonchev–Trinajstić information content (AvgIpc) is 3.20. The summed E-state index contributed by atoms with van der Waals surface area (Å²) in [5.74, 6) is 0.727. The molecular formula is C47H33N3. The maximum atomic E-state index is 5.37. The van der Waals surface area contributed by atoms with Crippen LogP contribution in [0.15, 0.2) is 140 Å². The standard InChI is InChI=1S/C47H33N3/c1-6-16-37-30(11-1)25-26-48-46(37)31-21-23-32(24-22-31)47-49-44(42-27-33-12-2-4-14-35(33)38-17-7-9-19-40(38)42)29-45(50-47)43-28-34-13-3-5-15-36(34)39-18-8-10-20-41(39)43/h1-2,4-8,10-12,14-18,20-29H,3,9,13,19H2. The summed E-state index contributed by atoms with van der Waals surface area (Å²) in [5.41, 5.74) is 12.7. The fourth-order valence-electron chi connectivity index (χ4n) is 8.03. The summed E-state index contributed by atoms with van der Waals surface area (Å²) in [5, 5.41) is 7.35. The van der Waals surface area contributed by atoms with Gasteiger partial charge in [-0.2, -0.15) is 0 Å². The summed E-state index contributed by atoms with van der Waals surface area (Å²) in [6.45, 7) is 0. The largest absolute Gasteiger partial charge is 0.256 e. The molecule has 6 aromatic carbocycles. The Bertz CT molecular complexity index is 2690. The van der Waals surface area contributed by atoms with E-state index in [-0.39, 0.29) is 0 Å². The molecule has 0 amide bonds. The Morgan fingerprint density at radius 3 is 1.98 bits per heavy atom. The minimum absolute atomic E-state index is 0.727. The summed E-state index contributed by atoms with van der Waals surface area (Å²) >= 11 is 0. The van der Waals surface area contributed by atoms with Crippen LogP contribution in [-0.4, -0.2) is 15.0 Å². The molecule has 236 valence electrons. The van der Waals surface area contributed by atoms with Gasteiger partial charge in [0.15, 0.2) is 5.82 Å². The zero-order valence-corrected chi connectivity index (χ0v) is 27.6. The van der Waals surface area contributed by atoms with E-state index in [1.165, 1.54) is 54.7 Å². The average molecular weight is 640 g/mol. The van der Waals surface area contributed by atoms with Crippen molar-refractivity contribution in [1.29, 1.82) is 0 Å². The first kappa shape index (κ1) is 28.8. The summed E-state index contributed by atoms with van der Waals surface area (Å²) in [6.07, 6.45) is 15.2. The van der Waals surface area contributed by atoms with E-state index in [1.807, 2.05) is 6.20 Å². The van der Waals surface area contributed by atoms with Crippen LogP contribution in [0.4, 0.5) is 0 Å². The number of allylic oxidation sites excluding steroid dienone is 2. The van der Waals surface area contributed by atoms with Crippen molar-refractivity contribution in [2.75, 3.05) is 0 Å². The number of rotatable bonds is 4. The molecule has 10 rings (SSSR count). The van der Waals surface area contributed by atoms with E-state index in [1.54, 1.807) is 0 Å². The van der Waals surface area contributed by atoms with E-state index >= 15 is 0 Å².